The lowest BCUT2D eigenvalue weighted by atomic mass is 10.2. The largest absolute Gasteiger partial charge is 0.497 e. The predicted molar refractivity (Wildman–Crippen MR) is 70.6 cm³/mol. The van der Waals surface area contributed by atoms with Crippen molar-refractivity contribution in [2.24, 2.45) is 0 Å². The number of halogens is 1. The molecule has 0 spiro atoms. The minimum absolute atomic E-state index is 0.0849. The van der Waals surface area contributed by atoms with Gasteiger partial charge in [0.2, 0.25) is 0 Å². The van der Waals surface area contributed by atoms with Crippen LogP contribution in [-0.2, 0) is 13.0 Å². The molecular weight excluding hydrogens is 298 g/mol. The van der Waals surface area contributed by atoms with E-state index in [4.69, 9.17) is 9.84 Å². The first-order chi connectivity index (χ1) is 8.72. The Morgan fingerprint density at radius 2 is 2.28 bits per heavy atom. The van der Waals surface area contributed by atoms with Gasteiger partial charge in [0.1, 0.15) is 5.75 Å². The van der Waals surface area contributed by atoms with Gasteiger partial charge in [-0.2, -0.15) is 0 Å². The highest BCUT2D eigenvalue weighted by Crippen LogP contribution is 2.23. The molecule has 0 atom stereocenters. The highest BCUT2D eigenvalue weighted by molar-refractivity contribution is 9.10. The third kappa shape index (κ3) is 3.08. The van der Waals surface area contributed by atoms with E-state index in [2.05, 4.69) is 26.2 Å². The molecule has 5 nitrogen and oxygen atoms in total. The maximum absolute atomic E-state index is 8.83. The monoisotopic (exact) mass is 311 g/mol. The van der Waals surface area contributed by atoms with Gasteiger partial charge in [-0.1, -0.05) is 21.1 Å². The molecule has 0 aliphatic heterocycles. The van der Waals surface area contributed by atoms with Crippen LogP contribution < -0.4 is 4.74 Å². The topological polar surface area (TPSA) is 60.2 Å². The maximum atomic E-state index is 8.83. The highest BCUT2D eigenvalue weighted by Gasteiger charge is 2.05. The number of rotatable bonds is 5. The van der Waals surface area contributed by atoms with Crippen LogP contribution in [0.3, 0.4) is 0 Å². The second-order valence-corrected chi connectivity index (χ2v) is 4.69. The molecule has 0 aliphatic carbocycles. The van der Waals surface area contributed by atoms with Crippen molar-refractivity contribution in [1.29, 1.82) is 0 Å². The van der Waals surface area contributed by atoms with Crippen LogP contribution in [0.4, 0.5) is 0 Å². The van der Waals surface area contributed by atoms with Crippen molar-refractivity contribution in [2.75, 3.05) is 13.7 Å². The van der Waals surface area contributed by atoms with Crippen LogP contribution in [-0.4, -0.2) is 33.8 Å². The number of aromatic nitrogens is 3. The minimum atomic E-state index is 0.0849. The highest BCUT2D eigenvalue weighted by atomic mass is 79.9. The van der Waals surface area contributed by atoms with Crippen LogP contribution in [0, 0.1) is 0 Å². The van der Waals surface area contributed by atoms with Crippen LogP contribution in [0.25, 0.3) is 0 Å². The molecule has 0 bridgehead atoms. The van der Waals surface area contributed by atoms with Gasteiger partial charge in [0.05, 0.1) is 19.3 Å². The molecule has 2 aromatic rings. The van der Waals surface area contributed by atoms with Crippen molar-refractivity contribution in [1.82, 2.24) is 15.0 Å². The molecule has 96 valence electrons. The second kappa shape index (κ2) is 5.97. The van der Waals surface area contributed by atoms with E-state index < -0.39 is 0 Å². The molecule has 18 heavy (non-hydrogen) atoms. The Bertz CT molecular complexity index is 528. The fourth-order valence-electron chi connectivity index (χ4n) is 1.62. The molecule has 0 fully saturated rings. The van der Waals surface area contributed by atoms with Crippen LogP contribution in [0.15, 0.2) is 28.9 Å². The zero-order valence-electron chi connectivity index (χ0n) is 10.0. The van der Waals surface area contributed by atoms with Gasteiger partial charge in [0, 0.05) is 23.7 Å². The number of benzene rings is 1. The summed E-state index contributed by atoms with van der Waals surface area (Å²) in [7, 11) is 1.64. The van der Waals surface area contributed by atoms with Crippen molar-refractivity contribution in [3.8, 4) is 5.75 Å². The zero-order chi connectivity index (χ0) is 13.0. The maximum Gasteiger partial charge on any atom is 0.119 e. The van der Waals surface area contributed by atoms with Gasteiger partial charge < -0.3 is 9.84 Å². The Kier molecular flexibility index (Phi) is 4.33. The molecule has 0 unspecified atom stereocenters. The van der Waals surface area contributed by atoms with Gasteiger partial charge in [-0.3, -0.25) is 0 Å². The predicted octanol–water partition coefficient (Wildman–Crippen LogP) is 1.63. The lowest BCUT2D eigenvalue weighted by molar-refractivity contribution is 0.298. The van der Waals surface area contributed by atoms with Gasteiger partial charge >= 0.3 is 0 Å². The summed E-state index contributed by atoms with van der Waals surface area (Å²) in [6.45, 7) is 0.692. The van der Waals surface area contributed by atoms with Gasteiger partial charge in [0.15, 0.2) is 0 Å². The summed E-state index contributed by atoms with van der Waals surface area (Å²) in [6, 6.07) is 5.79. The molecule has 1 N–H and O–H groups in total. The number of nitrogens with zero attached hydrogens (tertiary/aromatic N) is 3. The van der Waals surface area contributed by atoms with Gasteiger partial charge in [-0.25, -0.2) is 4.68 Å². The smallest absolute Gasteiger partial charge is 0.119 e. The van der Waals surface area contributed by atoms with Crippen molar-refractivity contribution in [3.05, 3.63) is 40.1 Å². The Hall–Kier alpha value is -1.40. The van der Waals surface area contributed by atoms with Crippen molar-refractivity contribution in [3.63, 3.8) is 0 Å². The first kappa shape index (κ1) is 13.0. The number of hydrogen-bond donors (Lipinski definition) is 1. The summed E-state index contributed by atoms with van der Waals surface area (Å²) >= 11 is 3.50. The Labute approximate surface area is 114 Å². The quantitative estimate of drug-likeness (QED) is 0.912. The van der Waals surface area contributed by atoms with E-state index in [1.807, 2.05) is 24.4 Å². The molecule has 1 aromatic heterocycles. The van der Waals surface area contributed by atoms with Gasteiger partial charge in [-0.05, 0) is 23.8 Å². The van der Waals surface area contributed by atoms with Crippen LogP contribution in [0.1, 0.15) is 11.3 Å². The van der Waals surface area contributed by atoms with Gasteiger partial charge in [-0.15, -0.1) is 5.10 Å². The van der Waals surface area contributed by atoms with E-state index in [1.54, 1.807) is 11.8 Å². The molecular formula is C12H14BrN3O2. The molecule has 1 aromatic carbocycles. The van der Waals surface area contributed by atoms with E-state index in [-0.39, 0.29) is 6.61 Å². The van der Waals surface area contributed by atoms with Crippen molar-refractivity contribution in [2.45, 2.75) is 13.0 Å². The number of ether oxygens (including phenoxy) is 1. The molecule has 0 saturated carbocycles. The first-order valence-corrected chi connectivity index (χ1v) is 6.34. The lowest BCUT2D eigenvalue weighted by Crippen LogP contribution is -2.01. The first-order valence-electron chi connectivity index (χ1n) is 5.55. The van der Waals surface area contributed by atoms with Crippen LogP contribution >= 0.6 is 15.9 Å². The molecule has 0 saturated heterocycles. The summed E-state index contributed by atoms with van der Waals surface area (Å²) in [4.78, 5) is 0. The number of methoxy groups -OCH3 is 1. The van der Waals surface area contributed by atoms with Crippen molar-refractivity contribution < 1.29 is 9.84 Å². The Morgan fingerprint density at radius 1 is 1.44 bits per heavy atom. The number of hydrogen-bond acceptors (Lipinski definition) is 4. The lowest BCUT2D eigenvalue weighted by Gasteiger charge is -2.06. The molecule has 0 amide bonds. The molecule has 6 heteroatoms. The summed E-state index contributed by atoms with van der Waals surface area (Å²) < 4.78 is 7.94. The van der Waals surface area contributed by atoms with Crippen LogP contribution in [0.2, 0.25) is 0 Å². The van der Waals surface area contributed by atoms with E-state index >= 15 is 0 Å². The number of aliphatic hydroxyl groups excluding tert-OH is 1. The van der Waals surface area contributed by atoms with Crippen LogP contribution in [0.5, 0.6) is 5.75 Å². The second-order valence-electron chi connectivity index (χ2n) is 3.84. The average Bonchev–Trinajstić information content (AvgIpc) is 2.80. The summed E-state index contributed by atoms with van der Waals surface area (Å²) in [6.07, 6.45) is 2.36. The SMILES string of the molecule is COc1ccc(Br)c(Cn2cc(CCO)nn2)c1. The normalized spacial score (nSPS) is 10.6. The zero-order valence-corrected chi connectivity index (χ0v) is 11.6. The molecule has 1 heterocycles. The molecule has 0 radical (unpaired) electrons. The summed E-state index contributed by atoms with van der Waals surface area (Å²) in [5.41, 5.74) is 1.85. The summed E-state index contributed by atoms with van der Waals surface area (Å²) in [5.74, 6) is 0.809. The summed E-state index contributed by atoms with van der Waals surface area (Å²) in [5, 5.41) is 16.8. The fourth-order valence-corrected chi connectivity index (χ4v) is 1.99. The third-order valence-electron chi connectivity index (χ3n) is 2.54. The average molecular weight is 312 g/mol. The Morgan fingerprint density at radius 3 is 3.00 bits per heavy atom. The van der Waals surface area contributed by atoms with E-state index in [9.17, 15) is 0 Å². The fraction of sp³-hybridized carbons (Fsp3) is 0.333. The number of aliphatic hydroxyl groups is 1. The van der Waals surface area contributed by atoms with Crippen molar-refractivity contribution >= 4 is 15.9 Å². The Balaban J connectivity index is 2.16. The van der Waals surface area contributed by atoms with E-state index in [0.717, 1.165) is 21.5 Å². The van der Waals surface area contributed by atoms with E-state index in [0.29, 0.717) is 13.0 Å². The van der Waals surface area contributed by atoms with E-state index in [1.165, 1.54) is 0 Å². The molecule has 2 rings (SSSR count). The van der Waals surface area contributed by atoms with Gasteiger partial charge in [0.25, 0.3) is 0 Å². The standard InChI is InChI=1S/C12H14BrN3O2/c1-18-11-2-3-12(13)9(6-11)7-16-8-10(4-5-17)14-15-16/h2-3,6,8,17H,4-5,7H2,1H3. The minimum Gasteiger partial charge on any atom is -0.497 e. The molecule has 0 aliphatic rings. The third-order valence-corrected chi connectivity index (χ3v) is 3.31.